The molecule has 8 heteroatoms. The second-order valence-corrected chi connectivity index (χ2v) is 5.79. The lowest BCUT2D eigenvalue weighted by Crippen LogP contribution is -2.25. The van der Waals surface area contributed by atoms with Crippen molar-refractivity contribution in [2.45, 2.75) is 6.54 Å². The zero-order valence-corrected chi connectivity index (χ0v) is 13.9. The van der Waals surface area contributed by atoms with Gasteiger partial charge in [-0.15, -0.1) is 0 Å². The number of aromatic amines is 1. The van der Waals surface area contributed by atoms with Crippen LogP contribution in [0.1, 0.15) is 16.2 Å². The van der Waals surface area contributed by atoms with Gasteiger partial charge in [-0.1, -0.05) is 23.4 Å². The molecule has 0 unspecified atom stereocenters. The van der Waals surface area contributed by atoms with Crippen molar-refractivity contribution in [1.82, 2.24) is 25.0 Å². The Morgan fingerprint density at radius 3 is 2.92 bits per heavy atom. The van der Waals surface area contributed by atoms with E-state index in [0.717, 1.165) is 5.69 Å². The number of para-hydroxylation sites is 1. The fourth-order valence-electron chi connectivity index (χ4n) is 2.77. The zero-order valence-electron chi connectivity index (χ0n) is 13.9. The van der Waals surface area contributed by atoms with Crippen molar-refractivity contribution in [2.75, 3.05) is 0 Å². The fraction of sp³-hybridized carbons (Fsp3) is 0.111. The second kappa shape index (κ2) is 6.32. The minimum Gasteiger partial charge on any atom is -0.348 e. The number of carbonyl (C=O) groups excluding carboxylic acids is 1. The number of aryl methyl sites for hydroxylation is 1. The lowest BCUT2D eigenvalue weighted by Gasteiger charge is -2.06. The van der Waals surface area contributed by atoms with Gasteiger partial charge in [0.2, 0.25) is 17.3 Å². The highest BCUT2D eigenvalue weighted by Gasteiger charge is 2.14. The number of amides is 1. The first kappa shape index (κ1) is 15.8. The molecule has 0 spiro atoms. The summed E-state index contributed by atoms with van der Waals surface area (Å²) < 4.78 is 7.05. The van der Waals surface area contributed by atoms with Gasteiger partial charge in [0.25, 0.3) is 5.91 Å². The van der Waals surface area contributed by atoms with Crippen molar-refractivity contribution in [1.29, 1.82) is 0 Å². The molecule has 1 aromatic carbocycles. The number of rotatable bonds is 4. The molecular weight excluding hydrogens is 334 g/mol. The summed E-state index contributed by atoms with van der Waals surface area (Å²) in [6.07, 6.45) is 1.88. The van der Waals surface area contributed by atoms with Crippen molar-refractivity contribution in [3.63, 3.8) is 0 Å². The molecule has 8 nitrogen and oxygen atoms in total. The molecule has 130 valence electrons. The average molecular weight is 349 g/mol. The highest BCUT2D eigenvalue weighted by Crippen LogP contribution is 2.16. The van der Waals surface area contributed by atoms with Crippen LogP contribution in [0, 0.1) is 0 Å². The van der Waals surface area contributed by atoms with E-state index in [0.29, 0.717) is 22.3 Å². The van der Waals surface area contributed by atoms with Crippen LogP contribution in [0.15, 0.2) is 58.0 Å². The molecule has 0 aliphatic rings. The summed E-state index contributed by atoms with van der Waals surface area (Å²) in [6.45, 7) is 0.0668. The predicted molar refractivity (Wildman–Crippen MR) is 94.4 cm³/mol. The summed E-state index contributed by atoms with van der Waals surface area (Å²) in [5, 5.41) is 7.30. The lowest BCUT2D eigenvalue weighted by atomic mass is 10.1. The monoisotopic (exact) mass is 349 g/mol. The van der Waals surface area contributed by atoms with Crippen molar-refractivity contribution < 1.29 is 9.32 Å². The molecule has 1 amide bonds. The molecule has 0 atom stereocenters. The van der Waals surface area contributed by atoms with E-state index >= 15 is 0 Å². The average Bonchev–Trinajstić information content (AvgIpc) is 3.27. The van der Waals surface area contributed by atoms with Crippen LogP contribution in [-0.4, -0.2) is 25.6 Å². The number of aromatic nitrogens is 4. The molecule has 0 bridgehead atoms. The van der Waals surface area contributed by atoms with Gasteiger partial charge < -0.3 is 19.4 Å². The number of fused-ring (bicyclic) bond motifs is 1. The normalized spacial score (nSPS) is 11.0. The van der Waals surface area contributed by atoms with Crippen LogP contribution < -0.4 is 10.9 Å². The van der Waals surface area contributed by atoms with E-state index in [1.54, 1.807) is 18.2 Å². The third-order valence-electron chi connectivity index (χ3n) is 4.04. The van der Waals surface area contributed by atoms with Gasteiger partial charge in [-0.25, -0.2) is 0 Å². The molecule has 0 aliphatic carbocycles. The lowest BCUT2D eigenvalue weighted by molar-refractivity contribution is 0.0947. The van der Waals surface area contributed by atoms with Gasteiger partial charge in [0.1, 0.15) is 0 Å². The van der Waals surface area contributed by atoms with E-state index in [-0.39, 0.29) is 23.9 Å². The Morgan fingerprint density at radius 2 is 2.12 bits per heavy atom. The van der Waals surface area contributed by atoms with E-state index in [1.807, 2.05) is 36.0 Å². The van der Waals surface area contributed by atoms with Crippen molar-refractivity contribution >= 4 is 16.8 Å². The number of H-pyrrole nitrogens is 1. The summed E-state index contributed by atoms with van der Waals surface area (Å²) in [4.78, 5) is 31.3. The van der Waals surface area contributed by atoms with Crippen LogP contribution in [0.25, 0.3) is 22.4 Å². The van der Waals surface area contributed by atoms with Crippen molar-refractivity contribution in [3.05, 3.63) is 70.5 Å². The van der Waals surface area contributed by atoms with E-state index < -0.39 is 0 Å². The van der Waals surface area contributed by atoms with Gasteiger partial charge in [-0.2, -0.15) is 4.98 Å². The molecule has 0 saturated heterocycles. The molecule has 0 fully saturated rings. The highest BCUT2D eigenvalue weighted by atomic mass is 16.5. The standard InChI is InChI=1S/C18H15N5O3/c1-23-8-4-7-14(23)17-21-16(26-22-17)10-19-18(25)12-9-15(24)20-13-6-3-2-5-11(12)13/h2-9H,10H2,1H3,(H,19,25)(H,20,24). The number of nitrogens with zero attached hydrogens (tertiary/aromatic N) is 3. The molecule has 3 heterocycles. The molecular formula is C18H15N5O3. The number of nitrogens with one attached hydrogen (secondary N) is 2. The summed E-state index contributed by atoms with van der Waals surface area (Å²) >= 11 is 0. The van der Waals surface area contributed by atoms with Gasteiger partial charge in [-0.3, -0.25) is 9.59 Å². The Hall–Kier alpha value is -3.68. The zero-order chi connectivity index (χ0) is 18.1. The fourth-order valence-corrected chi connectivity index (χ4v) is 2.77. The van der Waals surface area contributed by atoms with Crippen LogP contribution in [0.2, 0.25) is 0 Å². The maximum absolute atomic E-state index is 12.5. The van der Waals surface area contributed by atoms with Gasteiger partial charge in [0.15, 0.2) is 0 Å². The molecule has 2 N–H and O–H groups in total. The number of carbonyl (C=O) groups is 1. The molecule has 26 heavy (non-hydrogen) atoms. The van der Waals surface area contributed by atoms with Gasteiger partial charge in [0.05, 0.1) is 17.8 Å². The third-order valence-corrected chi connectivity index (χ3v) is 4.04. The van der Waals surface area contributed by atoms with E-state index in [1.165, 1.54) is 6.07 Å². The predicted octanol–water partition coefficient (Wildman–Crippen LogP) is 1.85. The molecule has 3 aromatic heterocycles. The number of benzene rings is 1. The second-order valence-electron chi connectivity index (χ2n) is 5.79. The van der Waals surface area contributed by atoms with E-state index in [2.05, 4.69) is 20.4 Å². The first-order chi connectivity index (χ1) is 12.6. The molecule has 0 saturated carbocycles. The topological polar surface area (TPSA) is 106 Å². The maximum Gasteiger partial charge on any atom is 0.252 e. The van der Waals surface area contributed by atoms with Crippen LogP contribution in [0.3, 0.4) is 0 Å². The number of hydrogen-bond donors (Lipinski definition) is 2. The van der Waals surface area contributed by atoms with Crippen LogP contribution in [0.5, 0.6) is 0 Å². The maximum atomic E-state index is 12.5. The van der Waals surface area contributed by atoms with Gasteiger partial charge in [0, 0.05) is 30.2 Å². The summed E-state index contributed by atoms with van der Waals surface area (Å²) in [5.74, 6) is 0.345. The summed E-state index contributed by atoms with van der Waals surface area (Å²) in [6, 6.07) is 12.2. The molecule has 4 aromatic rings. The Labute approximate surface area is 147 Å². The number of hydrogen-bond acceptors (Lipinski definition) is 5. The Bertz CT molecular complexity index is 1150. The van der Waals surface area contributed by atoms with E-state index in [4.69, 9.17) is 4.52 Å². The minimum atomic E-state index is -0.383. The van der Waals surface area contributed by atoms with Crippen molar-refractivity contribution in [3.8, 4) is 11.5 Å². The van der Waals surface area contributed by atoms with Crippen LogP contribution in [0.4, 0.5) is 0 Å². The first-order valence-corrected chi connectivity index (χ1v) is 7.96. The largest absolute Gasteiger partial charge is 0.348 e. The minimum absolute atomic E-state index is 0.0668. The summed E-state index contributed by atoms with van der Waals surface area (Å²) in [7, 11) is 1.88. The van der Waals surface area contributed by atoms with Gasteiger partial charge in [-0.05, 0) is 18.2 Å². The Balaban J connectivity index is 1.54. The van der Waals surface area contributed by atoms with E-state index in [9.17, 15) is 9.59 Å². The van der Waals surface area contributed by atoms with Crippen LogP contribution in [-0.2, 0) is 13.6 Å². The smallest absolute Gasteiger partial charge is 0.252 e. The molecule has 4 rings (SSSR count). The highest BCUT2D eigenvalue weighted by molar-refractivity contribution is 6.05. The molecule has 0 radical (unpaired) electrons. The molecule has 0 aliphatic heterocycles. The van der Waals surface area contributed by atoms with Gasteiger partial charge >= 0.3 is 0 Å². The number of pyridine rings is 1. The SMILES string of the molecule is Cn1cccc1-c1noc(CNC(=O)c2cc(=O)[nH]c3ccccc23)n1. The van der Waals surface area contributed by atoms with Crippen LogP contribution >= 0.6 is 0 Å². The first-order valence-electron chi connectivity index (χ1n) is 7.96. The Kier molecular flexibility index (Phi) is 3.85. The Morgan fingerprint density at radius 1 is 1.27 bits per heavy atom. The summed E-state index contributed by atoms with van der Waals surface area (Å²) in [5.41, 5.74) is 1.38. The van der Waals surface area contributed by atoms with Crippen molar-refractivity contribution in [2.24, 2.45) is 7.05 Å². The quantitative estimate of drug-likeness (QED) is 0.585. The third kappa shape index (κ3) is 2.88.